The van der Waals surface area contributed by atoms with Crippen LogP contribution in [0.25, 0.3) is 0 Å². The van der Waals surface area contributed by atoms with Crippen LogP contribution in [0.1, 0.15) is 32.7 Å². The van der Waals surface area contributed by atoms with Gasteiger partial charge in [-0.15, -0.1) is 5.10 Å². The van der Waals surface area contributed by atoms with E-state index < -0.39 is 0 Å². The molecule has 1 saturated carbocycles. The van der Waals surface area contributed by atoms with Crippen molar-refractivity contribution in [3.63, 3.8) is 0 Å². The zero-order valence-corrected chi connectivity index (χ0v) is 12.5. The molecule has 2 aliphatic rings. The Morgan fingerprint density at radius 1 is 1.35 bits per heavy atom. The highest BCUT2D eigenvalue weighted by molar-refractivity contribution is 7.99. The van der Waals surface area contributed by atoms with Crippen LogP contribution in [-0.2, 0) is 9.53 Å². The third-order valence-corrected chi connectivity index (χ3v) is 4.37. The maximum Gasteiger partial charge on any atom is 0.233 e. The number of tetrazole rings is 1. The summed E-state index contributed by atoms with van der Waals surface area (Å²) in [6.45, 7) is 5.32. The van der Waals surface area contributed by atoms with Crippen molar-refractivity contribution in [1.29, 1.82) is 0 Å². The molecule has 1 saturated heterocycles. The van der Waals surface area contributed by atoms with Gasteiger partial charge in [0, 0.05) is 13.1 Å². The number of carbonyl (C=O) groups is 1. The molecule has 110 valence electrons. The van der Waals surface area contributed by atoms with Crippen molar-refractivity contribution in [2.45, 2.75) is 50.1 Å². The smallest absolute Gasteiger partial charge is 0.233 e. The molecule has 2 fully saturated rings. The lowest BCUT2D eigenvalue weighted by atomic mass is 10.2. The summed E-state index contributed by atoms with van der Waals surface area (Å²) in [4.78, 5) is 14.1. The molecule has 1 aromatic rings. The van der Waals surface area contributed by atoms with Crippen LogP contribution < -0.4 is 0 Å². The van der Waals surface area contributed by atoms with Gasteiger partial charge in [0.2, 0.25) is 11.1 Å². The first-order chi connectivity index (χ1) is 9.63. The Hall–Kier alpha value is -1.15. The van der Waals surface area contributed by atoms with Gasteiger partial charge in [-0.25, -0.2) is 4.68 Å². The molecule has 0 bridgehead atoms. The van der Waals surface area contributed by atoms with Crippen LogP contribution >= 0.6 is 11.8 Å². The Kier molecular flexibility index (Phi) is 3.93. The van der Waals surface area contributed by atoms with Crippen LogP contribution in [0.5, 0.6) is 0 Å². The van der Waals surface area contributed by atoms with Gasteiger partial charge in [-0.2, -0.15) is 0 Å². The van der Waals surface area contributed by atoms with Crippen molar-refractivity contribution in [1.82, 2.24) is 25.1 Å². The summed E-state index contributed by atoms with van der Waals surface area (Å²) in [6.07, 6.45) is 2.46. The number of morpholine rings is 1. The number of thioether (sulfide) groups is 1. The van der Waals surface area contributed by atoms with E-state index in [1.54, 1.807) is 0 Å². The zero-order chi connectivity index (χ0) is 14.1. The van der Waals surface area contributed by atoms with Gasteiger partial charge in [-0.05, 0) is 37.1 Å². The Morgan fingerprint density at radius 2 is 2.05 bits per heavy atom. The first-order valence-electron chi connectivity index (χ1n) is 6.97. The van der Waals surface area contributed by atoms with E-state index in [-0.39, 0.29) is 18.1 Å². The van der Waals surface area contributed by atoms with E-state index in [9.17, 15) is 4.79 Å². The molecule has 2 heterocycles. The molecular weight excluding hydrogens is 278 g/mol. The Morgan fingerprint density at radius 3 is 2.70 bits per heavy atom. The highest BCUT2D eigenvalue weighted by Crippen LogP contribution is 2.36. The summed E-state index contributed by atoms with van der Waals surface area (Å²) in [5.41, 5.74) is 0. The van der Waals surface area contributed by atoms with Crippen molar-refractivity contribution in [2.24, 2.45) is 0 Å². The topological polar surface area (TPSA) is 73.1 Å². The van der Waals surface area contributed by atoms with Crippen molar-refractivity contribution in [2.75, 3.05) is 18.8 Å². The molecule has 0 unspecified atom stereocenters. The van der Waals surface area contributed by atoms with Crippen molar-refractivity contribution in [3.8, 4) is 0 Å². The van der Waals surface area contributed by atoms with Gasteiger partial charge in [-0.1, -0.05) is 11.8 Å². The van der Waals surface area contributed by atoms with Gasteiger partial charge >= 0.3 is 0 Å². The van der Waals surface area contributed by atoms with E-state index in [1.807, 2.05) is 23.4 Å². The summed E-state index contributed by atoms with van der Waals surface area (Å²) in [5, 5.41) is 12.4. The first-order valence-corrected chi connectivity index (χ1v) is 7.96. The molecule has 1 aromatic heterocycles. The van der Waals surface area contributed by atoms with Gasteiger partial charge in [-0.3, -0.25) is 4.79 Å². The minimum Gasteiger partial charge on any atom is -0.372 e. The van der Waals surface area contributed by atoms with Gasteiger partial charge in [0.05, 0.1) is 24.0 Å². The molecule has 1 amide bonds. The van der Waals surface area contributed by atoms with Crippen LogP contribution in [0.4, 0.5) is 0 Å². The number of rotatable bonds is 4. The third-order valence-electron chi connectivity index (χ3n) is 3.45. The number of hydrogen-bond donors (Lipinski definition) is 0. The average Bonchev–Trinajstić information content (AvgIpc) is 3.14. The number of hydrogen-bond acceptors (Lipinski definition) is 6. The van der Waals surface area contributed by atoms with E-state index in [0.717, 1.165) is 18.0 Å². The lowest BCUT2D eigenvalue weighted by Gasteiger charge is -2.35. The van der Waals surface area contributed by atoms with Crippen LogP contribution in [0.3, 0.4) is 0 Å². The fraction of sp³-hybridized carbons (Fsp3) is 0.833. The summed E-state index contributed by atoms with van der Waals surface area (Å²) >= 11 is 1.42. The summed E-state index contributed by atoms with van der Waals surface area (Å²) in [7, 11) is 0. The van der Waals surface area contributed by atoms with Crippen molar-refractivity contribution < 1.29 is 9.53 Å². The fourth-order valence-corrected chi connectivity index (χ4v) is 3.28. The monoisotopic (exact) mass is 297 g/mol. The van der Waals surface area contributed by atoms with E-state index >= 15 is 0 Å². The normalized spacial score (nSPS) is 26.8. The molecule has 0 N–H and O–H groups in total. The quantitative estimate of drug-likeness (QED) is 0.763. The fourth-order valence-electron chi connectivity index (χ4n) is 2.43. The van der Waals surface area contributed by atoms with E-state index in [1.165, 1.54) is 11.8 Å². The Balaban J connectivity index is 1.55. The highest BCUT2D eigenvalue weighted by Gasteiger charge is 2.29. The summed E-state index contributed by atoms with van der Waals surface area (Å²) < 4.78 is 7.47. The number of amides is 1. The Labute approximate surface area is 122 Å². The van der Waals surface area contributed by atoms with Crippen LogP contribution in [0.15, 0.2) is 5.16 Å². The van der Waals surface area contributed by atoms with E-state index in [2.05, 4.69) is 15.5 Å². The predicted molar refractivity (Wildman–Crippen MR) is 73.4 cm³/mol. The highest BCUT2D eigenvalue weighted by atomic mass is 32.2. The molecule has 7 nitrogen and oxygen atoms in total. The molecule has 8 heteroatoms. The SMILES string of the molecule is C[C@@H]1CN(C(=O)CSc2nnnn2C2CC2)C[C@@H](C)O1. The van der Waals surface area contributed by atoms with Crippen LogP contribution in [0.2, 0.25) is 0 Å². The van der Waals surface area contributed by atoms with Crippen LogP contribution in [0, 0.1) is 0 Å². The average molecular weight is 297 g/mol. The van der Waals surface area contributed by atoms with E-state index in [0.29, 0.717) is 24.9 Å². The summed E-state index contributed by atoms with van der Waals surface area (Å²) in [5.74, 6) is 0.509. The minimum atomic E-state index is 0.101. The molecule has 20 heavy (non-hydrogen) atoms. The minimum absolute atomic E-state index is 0.101. The maximum absolute atomic E-state index is 12.3. The number of ether oxygens (including phenoxy) is 1. The largest absolute Gasteiger partial charge is 0.372 e. The second-order valence-corrected chi connectivity index (χ2v) is 6.42. The molecule has 3 rings (SSSR count). The standard InChI is InChI=1S/C12H19N5O2S/c1-8-5-16(6-9(2)19-8)11(18)7-20-12-13-14-15-17(12)10-3-4-10/h8-10H,3-7H2,1-2H3/t8-,9-/m1/s1. The third kappa shape index (κ3) is 3.12. The lowest BCUT2D eigenvalue weighted by molar-refractivity contribution is -0.140. The molecule has 0 radical (unpaired) electrons. The molecular formula is C12H19N5O2S. The first kappa shape index (κ1) is 13.8. The van der Waals surface area contributed by atoms with Gasteiger partial charge in [0.25, 0.3) is 0 Å². The molecule has 0 aromatic carbocycles. The Bertz CT molecular complexity index is 480. The molecule has 1 aliphatic carbocycles. The summed E-state index contributed by atoms with van der Waals surface area (Å²) in [6, 6.07) is 0.436. The number of nitrogens with zero attached hydrogens (tertiary/aromatic N) is 5. The van der Waals surface area contributed by atoms with Gasteiger partial charge in [0.1, 0.15) is 0 Å². The lowest BCUT2D eigenvalue weighted by Crippen LogP contribution is -2.48. The predicted octanol–water partition coefficient (Wildman–Crippen LogP) is 0.736. The van der Waals surface area contributed by atoms with E-state index in [4.69, 9.17) is 4.74 Å². The maximum atomic E-state index is 12.3. The molecule has 1 aliphatic heterocycles. The number of aromatic nitrogens is 4. The van der Waals surface area contributed by atoms with Gasteiger partial charge < -0.3 is 9.64 Å². The second-order valence-electron chi connectivity index (χ2n) is 5.48. The van der Waals surface area contributed by atoms with Gasteiger partial charge in [0.15, 0.2) is 0 Å². The molecule has 0 spiro atoms. The number of carbonyl (C=O) groups excluding carboxylic acids is 1. The van der Waals surface area contributed by atoms with Crippen molar-refractivity contribution in [3.05, 3.63) is 0 Å². The van der Waals surface area contributed by atoms with Crippen molar-refractivity contribution >= 4 is 17.7 Å². The second kappa shape index (κ2) is 5.69. The zero-order valence-electron chi connectivity index (χ0n) is 11.7. The van der Waals surface area contributed by atoms with Crippen LogP contribution in [-0.4, -0.2) is 62.1 Å². The molecule has 2 atom stereocenters.